The molecule has 150 valence electrons. The van der Waals surface area contributed by atoms with Crippen molar-refractivity contribution in [2.24, 2.45) is 5.14 Å². The lowest BCUT2D eigenvalue weighted by Gasteiger charge is -2.37. The Bertz CT molecular complexity index is 991. The molecule has 2 aromatic rings. The fraction of sp³-hybridized carbons (Fsp3) is 0.350. The highest BCUT2D eigenvalue weighted by Gasteiger charge is 2.27. The molecule has 1 amide bonds. The summed E-state index contributed by atoms with van der Waals surface area (Å²) in [5, 5.41) is 5.20. The molecule has 0 unspecified atom stereocenters. The second kappa shape index (κ2) is 7.81. The molecular formula is C20H25N3O4S. The van der Waals surface area contributed by atoms with E-state index in [1.807, 2.05) is 24.3 Å². The minimum atomic E-state index is -3.87. The van der Waals surface area contributed by atoms with Crippen molar-refractivity contribution in [1.82, 2.24) is 4.90 Å². The predicted molar refractivity (Wildman–Crippen MR) is 108 cm³/mol. The first-order valence-electron chi connectivity index (χ1n) is 9.10. The summed E-state index contributed by atoms with van der Waals surface area (Å²) in [5.74, 6) is 0.530. The molecule has 2 N–H and O–H groups in total. The third kappa shape index (κ3) is 4.13. The highest BCUT2D eigenvalue weighted by molar-refractivity contribution is 7.89. The molecule has 28 heavy (non-hydrogen) atoms. The number of para-hydroxylation sites is 2. The van der Waals surface area contributed by atoms with E-state index in [0.29, 0.717) is 24.2 Å². The van der Waals surface area contributed by atoms with Gasteiger partial charge in [-0.1, -0.05) is 18.2 Å². The van der Waals surface area contributed by atoms with Crippen LogP contribution < -0.4 is 14.8 Å². The third-order valence-electron chi connectivity index (χ3n) is 4.90. The second-order valence-electron chi connectivity index (χ2n) is 6.95. The van der Waals surface area contributed by atoms with Gasteiger partial charge >= 0.3 is 0 Å². The van der Waals surface area contributed by atoms with Crippen molar-refractivity contribution in [1.29, 1.82) is 0 Å². The number of primary sulfonamides is 1. The number of likely N-dealkylation sites (N-methyl/N-ethyl adjacent to an activating group) is 2. The number of benzene rings is 2. The van der Waals surface area contributed by atoms with Crippen molar-refractivity contribution in [2.75, 3.05) is 31.6 Å². The zero-order valence-corrected chi connectivity index (χ0v) is 17.1. The molecule has 1 aliphatic heterocycles. The third-order valence-corrected chi connectivity index (χ3v) is 5.81. The molecule has 1 aliphatic rings. The Morgan fingerprint density at radius 3 is 2.68 bits per heavy atom. The Hall–Kier alpha value is -2.58. The van der Waals surface area contributed by atoms with Gasteiger partial charge in [-0.15, -0.1) is 0 Å². The summed E-state index contributed by atoms with van der Waals surface area (Å²) in [5.41, 5.74) is 2.05. The summed E-state index contributed by atoms with van der Waals surface area (Å²) >= 11 is 0. The molecule has 0 aromatic heterocycles. The SMILES string of the molecule is CCN1C[C@@H](CN(C)C(=O)c2cc(S(N)(=O)=O)ccc2C)Oc2ccccc21. The number of hydrogen-bond acceptors (Lipinski definition) is 5. The van der Waals surface area contributed by atoms with E-state index in [0.717, 1.165) is 18.0 Å². The minimum absolute atomic E-state index is 0.0742. The summed E-state index contributed by atoms with van der Waals surface area (Å²) in [6.45, 7) is 5.73. The van der Waals surface area contributed by atoms with Crippen molar-refractivity contribution in [3.05, 3.63) is 53.6 Å². The van der Waals surface area contributed by atoms with Crippen molar-refractivity contribution < 1.29 is 17.9 Å². The van der Waals surface area contributed by atoms with Gasteiger partial charge in [0.1, 0.15) is 11.9 Å². The zero-order chi connectivity index (χ0) is 20.5. The van der Waals surface area contributed by atoms with E-state index in [1.165, 1.54) is 12.1 Å². The average molecular weight is 404 g/mol. The first-order valence-corrected chi connectivity index (χ1v) is 10.6. The number of amides is 1. The van der Waals surface area contributed by atoms with E-state index >= 15 is 0 Å². The van der Waals surface area contributed by atoms with Crippen LogP contribution in [-0.2, 0) is 10.0 Å². The van der Waals surface area contributed by atoms with Crippen LogP contribution in [0.25, 0.3) is 0 Å². The van der Waals surface area contributed by atoms with E-state index in [1.54, 1.807) is 24.9 Å². The number of fused-ring (bicyclic) bond motifs is 1. The molecule has 0 saturated heterocycles. The molecular weight excluding hydrogens is 378 g/mol. The molecule has 0 bridgehead atoms. The maximum Gasteiger partial charge on any atom is 0.254 e. The van der Waals surface area contributed by atoms with Gasteiger partial charge in [-0.05, 0) is 43.7 Å². The Balaban J connectivity index is 1.79. The van der Waals surface area contributed by atoms with Gasteiger partial charge in [0.25, 0.3) is 5.91 Å². The molecule has 2 aromatic carbocycles. The van der Waals surface area contributed by atoms with Crippen LogP contribution in [0.4, 0.5) is 5.69 Å². The van der Waals surface area contributed by atoms with Gasteiger partial charge in [-0.2, -0.15) is 0 Å². The van der Waals surface area contributed by atoms with Crippen LogP contribution >= 0.6 is 0 Å². The van der Waals surface area contributed by atoms with Crippen LogP contribution in [0.3, 0.4) is 0 Å². The second-order valence-corrected chi connectivity index (χ2v) is 8.52. The molecule has 1 heterocycles. The van der Waals surface area contributed by atoms with Crippen LogP contribution in [0.5, 0.6) is 5.75 Å². The summed E-state index contributed by atoms with van der Waals surface area (Å²) in [7, 11) is -2.19. The molecule has 0 spiro atoms. The summed E-state index contributed by atoms with van der Waals surface area (Å²) < 4.78 is 29.3. The van der Waals surface area contributed by atoms with Crippen LogP contribution in [0.1, 0.15) is 22.8 Å². The highest BCUT2D eigenvalue weighted by atomic mass is 32.2. The van der Waals surface area contributed by atoms with Gasteiger partial charge in [-0.25, -0.2) is 13.6 Å². The van der Waals surface area contributed by atoms with E-state index in [-0.39, 0.29) is 16.9 Å². The lowest BCUT2D eigenvalue weighted by molar-refractivity contribution is 0.0708. The normalized spacial score (nSPS) is 16.3. The Kier molecular flexibility index (Phi) is 5.62. The number of nitrogens with zero attached hydrogens (tertiary/aromatic N) is 2. The van der Waals surface area contributed by atoms with E-state index < -0.39 is 10.0 Å². The highest BCUT2D eigenvalue weighted by Crippen LogP contribution is 2.33. The summed E-state index contributed by atoms with van der Waals surface area (Å²) in [4.78, 5) is 16.6. The number of rotatable bonds is 5. The first kappa shape index (κ1) is 20.2. The Morgan fingerprint density at radius 1 is 1.29 bits per heavy atom. The molecule has 8 heteroatoms. The molecule has 0 saturated carbocycles. The Morgan fingerprint density at radius 2 is 2.00 bits per heavy atom. The lowest BCUT2D eigenvalue weighted by atomic mass is 10.1. The van der Waals surface area contributed by atoms with Crippen molar-refractivity contribution in [3.8, 4) is 5.75 Å². The fourth-order valence-electron chi connectivity index (χ4n) is 3.38. The molecule has 3 rings (SSSR count). The van der Waals surface area contributed by atoms with Crippen molar-refractivity contribution >= 4 is 21.6 Å². The van der Waals surface area contributed by atoms with Crippen LogP contribution in [0.2, 0.25) is 0 Å². The van der Waals surface area contributed by atoms with Crippen LogP contribution in [0, 0.1) is 6.92 Å². The van der Waals surface area contributed by atoms with Gasteiger partial charge in [0.2, 0.25) is 10.0 Å². The number of sulfonamides is 1. The van der Waals surface area contributed by atoms with E-state index in [4.69, 9.17) is 9.88 Å². The monoisotopic (exact) mass is 403 g/mol. The molecule has 1 atom stereocenters. The standard InChI is InChI=1S/C20H25N3O4S/c1-4-23-13-15(27-19-8-6-5-7-18(19)23)12-22(3)20(24)17-11-16(28(21,25)26)10-9-14(17)2/h5-11,15H,4,12-13H2,1-3H3,(H2,21,25,26)/t15-/m1/s1. The minimum Gasteiger partial charge on any atom is -0.485 e. The largest absolute Gasteiger partial charge is 0.485 e. The Labute approximate surface area is 165 Å². The molecule has 7 nitrogen and oxygen atoms in total. The predicted octanol–water partition coefficient (Wildman–Crippen LogP) is 2.00. The maximum atomic E-state index is 12.9. The number of anilines is 1. The van der Waals surface area contributed by atoms with Crippen LogP contribution in [-0.4, -0.2) is 52.0 Å². The number of carbonyl (C=O) groups excluding carboxylic acids is 1. The van der Waals surface area contributed by atoms with Gasteiger partial charge in [0.05, 0.1) is 23.7 Å². The number of carbonyl (C=O) groups is 1. The number of ether oxygens (including phenoxy) is 1. The number of hydrogen-bond donors (Lipinski definition) is 1. The summed E-state index contributed by atoms with van der Waals surface area (Å²) in [6, 6.07) is 12.2. The molecule has 0 aliphatic carbocycles. The lowest BCUT2D eigenvalue weighted by Crippen LogP contribution is -2.46. The number of nitrogens with two attached hydrogens (primary N) is 1. The average Bonchev–Trinajstić information content (AvgIpc) is 2.66. The topological polar surface area (TPSA) is 92.9 Å². The quantitative estimate of drug-likeness (QED) is 0.824. The molecule has 0 radical (unpaired) electrons. The smallest absolute Gasteiger partial charge is 0.254 e. The van der Waals surface area contributed by atoms with Crippen LogP contribution in [0.15, 0.2) is 47.4 Å². The zero-order valence-electron chi connectivity index (χ0n) is 16.3. The number of aryl methyl sites for hydroxylation is 1. The van der Waals surface area contributed by atoms with E-state index in [9.17, 15) is 13.2 Å². The van der Waals surface area contributed by atoms with Gasteiger partial charge < -0.3 is 14.5 Å². The van der Waals surface area contributed by atoms with Gasteiger partial charge in [-0.3, -0.25) is 4.79 Å². The fourth-order valence-corrected chi connectivity index (χ4v) is 3.92. The van der Waals surface area contributed by atoms with Crippen molar-refractivity contribution in [3.63, 3.8) is 0 Å². The molecule has 0 fully saturated rings. The maximum absolute atomic E-state index is 12.9. The van der Waals surface area contributed by atoms with E-state index in [2.05, 4.69) is 11.8 Å². The van der Waals surface area contributed by atoms with Crippen molar-refractivity contribution in [2.45, 2.75) is 24.8 Å². The summed E-state index contributed by atoms with van der Waals surface area (Å²) in [6.07, 6.45) is -0.189. The van der Waals surface area contributed by atoms with Gasteiger partial charge in [0.15, 0.2) is 0 Å². The van der Waals surface area contributed by atoms with Gasteiger partial charge in [0, 0.05) is 19.2 Å². The first-order chi connectivity index (χ1) is 13.2.